The highest BCUT2D eigenvalue weighted by Gasteiger charge is 2.21. The molecule has 0 radical (unpaired) electrons. The molecule has 1 aromatic heterocycles. The number of fused-ring (bicyclic) bond motifs is 5. The van der Waals surface area contributed by atoms with Gasteiger partial charge in [0.15, 0.2) is 0 Å². The van der Waals surface area contributed by atoms with E-state index in [-0.39, 0.29) is 0 Å². The molecule has 0 saturated heterocycles. The van der Waals surface area contributed by atoms with Crippen LogP contribution in [0.4, 0.5) is 11.4 Å². The molecule has 0 unspecified atom stereocenters. The molecule has 8 rings (SSSR count). The van der Waals surface area contributed by atoms with Crippen LogP contribution in [0.15, 0.2) is 207 Å². The van der Waals surface area contributed by atoms with Crippen LogP contribution in [0.1, 0.15) is 44.0 Å². The predicted molar refractivity (Wildman–Crippen MR) is 260 cm³/mol. The van der Waals surface area contributed by atoms with Gasteiger partial charge in [0.05, 0.1) is 11.2 Å². The van der Waals surface area contributed by atoms with Gasteiger partial charge in [0.2, 0.25) is 0 Å². The number of benzene rings is 7. The number of aromatic nitrogens is 1. The van der Waals surface area contributed by atoms with E-state index < -0.39 is 0 Å². The van der Waals surface area contributed by atoms with Crippen molar-refractivity contribution in [2.75, 3.05) is 4.90 Å². The Hall–Kier alpha value is -7.16. The Kier molecular flexibility index (Phi) is 11.2. The SMILES string of the molecule is C=C/C=C\c1c(C)n(/C(=C/C=C\C)CC)c2cccc(C(=C/C=C)/C=C(\C)N(c3ccc(-c4cc5ccccc5c5ccccc45)cc3)c3cccc4ccccc34)c12. The zero-order valence-electron chi connectivity index (χ0n) is 34.5. The van der Waals surface area contributed by atoms with E-state index in [1.54, 1.807) is 0 Å². The minimum Gasteiger partial charge on any atom is -0.317 e. The van der Waals surface area contributed by atoms with Gasteiger partial charge in [-0.1, -0.05) is 172 Å². The summed E-state index contributed by atoms with van der Waals surface area (Å²) in [5.74, 6) is 0. The van der Waals surface area contributed by atoms with Crippen LogP contribution in [0.2, 0.25) is 0 Å². The van der Waals surface area contributed by atoms with Gasteiger partial charge in [-0.3, -0.25) is 0 Å². The third-order valence-corrected chi connectivity index (χ3v) is 11.3. The highest BCUT2D eigenvalue weighted by atomic mass is 15.1. The summed E-state index contributed by atoms with van der Waals surface area (Å²) in [6.45, 7) is 16.9. The molecule has 0 aliphatic heterocycles. The molecule has 0 fully saturated rings. The van der Waals surface area contributed by atoms with E-state index in [9.17, 15) is 0 Å². The third kappa shape index (κ3) is 7.31. The fourth-order valence-electron chi connectivity index (χ4n) is 8.68. The van der Waals surface area contributed by atoms with Crippen molar-refractivity contribution in [3.8, 4) is 11.1 Å². The van der Waals surface area contributed by atoms with Gasteiger partial charge in [-0.2, -0.15) is 0 Å². The number of allylic oxidation sites excluding steroid dienone is 11. The molecular weight excluding hydrogens is 713 g/mol. The normalized spacial score (nSPS) is 12.8. The number of anilines is 2. The van der Waals surface area contributed by atoms with Gasteiger partial charge >= 0.3 is 0 Å². The maximum Gasteiger partial charge on any atom is 0.0540 e. The third-order valence-electron chi connectivity index (χ3n) is 11.3. The van der Waals surface area contributed by atoms with Gasteiger partial charge in [0.25, 0.3) is 0 Å². The lowest BCUT2D eigenvalue weighted by atomic mass is 9.93. The predicted octanol–water partition coefficient (Wildman–Crippen LogP) is 16.4. The van der Waals surface area contributed by atoms with E-state index in [0.717, 1.165) is 34.6 Å². The first-order chi connectivity index (χ1) is 29.0. The first-order valence-corrected chi connectivity index (χ1v) is 20.5. The minimum absolute atomic E-state index is 0.897. The molecule has 0 spiro atoms. The fourth-order valence-corrected chi connectivity index (χ4v) is 8.68. The van der Waals surface area contributed by atoms with Crippen molar-refractivity contribution in [3.63, 3.8) is 0 Å². The molecule has 0 aliphatic rings. The van der Waals surface area contributed by atoms with E-state index in [2.05, 4.69) is 226 Å². The molecule has 288 valence electrons. The van der Waals surface area contributed by atoms with Crippen molar-refractivity contribution in [2.45, 2.75) is 34.1 Å². The van der Waals surface area contributed by atoms with Gasteiger partial charge in [-0.25, -0.2) is 0 Å². The van der Waals surface area contributed by atoms with E-state index >= 15 is 0 Å². The Morgan fingerprint density at radius 3 is 2.08 bits per heavy atom. The Bertz CT molecular complexity index is 3030. The van der Waals surface area contributed by atoms with E-state index in [4.69, 9.17) is 0 Å². The van der Waals surface area contributed by atoms with E-state index in [1.165, 1.54) is 71.3 Å². The summed E-state index contributed by atoms with van der Waals surface area (Å²) in [5.41, 5.74) is 12.7. The zero-order valence-corrected chi connectivity index (χ0v) is 34.5. The summed E-state index contributed by atoms with van der Waals surface area (Å²) in [6.07, 6.45) is 19.8. The van der Waals surface area contributed by atoms with Crippen LogP contribution >= 0.6 is 0 Å². The molecular formula is C57H50N2. The lowest BCUT2D eigenvalue weighted by molar-refractivity contribution is 1.00. The summed E-state index contributed by atoms with van der Waals surface area (Å²) in [6, 6.07) is 50.7. The molecule has 8 aromatic rings. The van der Waals surface area contributed by atoms with Gasteiger partial charge < -0.3 is 9.47 Å². The molecule has 0 amide bonds. The van der Waals surface area contributed by atoms with Crippen molar-refractivity contribution in [2.24, 2.45) is 0 Å². The molecule has 0 atom stereocenters. The second kappa shape index (κ2) is 17.1. The van der Waals surface area contributed by atoms with Crippen molar-refractivity contribution in [1.29, 1.82) is 0 Å². The molecule has 2 heteroatoms. The van der Waals surface area contributed by atoms with Crippen LogP contribution in [0.5, 0.6) is 0 Å². The van der Waals surface area contributed by atoms with Gasteiger partial charge in [-0.05, 0) is 119 Å². The van der Waals surface area contributed by atoms with Gasteiger partial charge in [0, 0.05) is 39.1 Å². The van der Waals surface area contributed by atoms with Crippen molar-refractivity contribution < 1.29 is 0 Å². The van der Waals surface area contributed by atoms with Crippen molar-refractivity contribution in [1.82, 2.24) is 4.57 Å². The summed E-state index contributed by atoms with van der Waals surface area (Å²) in [5, 5.41) is 8.62. The largest absolute Gasteiger partial charge is 0.317 e. The Balaban J connectivity index is 1.31. The number of hydrogen-bond acceptors (Lipinski definition) is 1. The lowest BCUT2D eigenvalue weighted by Gasteiger charge is -2.28. The number of nitrogens with zero attached hydrogens (tertiary/aromatic N) is 2. The van der Waals surface area contributed by atoms with Crippen LogP contribution in [0.3, 0.4) is 0 Å². The molecule has 0 saturated carbocycles. The molecule has 7 aromatic carbocycles. The Morgan fingerprint density at radius 1 is 0.678 bits per heavy atom. The molecule has 2 nitrogen and oxygen atoms in total. The van der Waals surface area contributed by atoms with Gasteiger partial charge in [-0.15, -0.1) is 0 Å². The monoisotopic (exact) mass is 762 g/mol. The Labute approximate surface area is 349 Å². The van der Waals surface area contributed by atoms with Gasteiger partial charge in [0.1, 0.15) is 0 Å². The summed E-state index contributed by atoms with van der Waals surface area (Å²) in [7, 11) is 0. The standard InChI is InChI=1S/C57H50N2/c1-7-11-25-46(10-4)59-41(6)48(26-12-8-2)57-51(31-20-33-56(57)59)44(21-9-3)38-40(5)58(55-32-19-24-42-22-13-16-28-50(42)55)47-36-34-43(35-37-47)54-39-45-23-14-15-27-49(45)52-29-17-18-30-53(52)54/h7-9,11-39H,2-3,10H2,1,4-6H3/b11-7-,26-12-,40-38+,44-21+,46-25+. The first-order valence-electron chi connectivity index (χ1n) is 20.5. The second-order valence-corrected chi connectivity index (χ2v) is 14.9. The maximum absolute atomic E-state index is 4.20. The lowest BCUT2D eigenvalue weighted by Crippen LogP contribution is -2.15. The Morgan fingerprint density at radius 2 is 1.36 bits per heavy atom. The number of hydrogen-bond donors (Lipinski definition) is 0. The highest BCUT2D eigenvalue weighted by molar-refractivity contribution is 6.14. The molecule has 1 heterocycles. The quantitative estimate of drug-likeness (QED) is 0.0889. The average molecular weight is 763 g/mol. The minimum atomic E-state index is 0.897. The highest BCUT2D eigenvalue weighted by Crippen LogP contribution is 2.41. The summed E-state index contributed by atoms with van der Waals surface area (Å²) < 4.78 is 2.41. The van der Waals surface area contributed by atoms with Crippen LogP contribution < -0.4 is 4.90 Å². The zero-order chi connectivity index (χ0) is 40.9. The smallest absolute Gasteiger partial charge is 0.0540 e. The van der Waals surface area contributed by atoms with Crippen molar-refractivity contribution >= 4 is 71.9 Å². The maximum atomic E-state index is 4.20. The van der Waals surface area contributed by atoms with Crippen molar-refractivity contribution in [3.05, 3.63) is 224 Å². The van der Waals surface area contributed by atoms with Crippen LogP contribution in [-0.2, 0) is 0 Å². The topological polar surface area (TPSA) is 8.17 Å². The molecule has 59 heavy (non-hydrogen) atoms. The first kappa shape index (κ1) is 38.7. The van der Waals surface area contributed by atoms with E-state index in [0.29, 0.717) is 0 Å². The molecule has 0 bridgehead atoms. The summed E-state index contributed by atoms with van der Waals surface area (Å²) >= 11 is 0. The number of rotatable bonds is 12. The fraction of sp³-hybridized carbons (Fsp3) is 0.0877. The second-order valence-electron chi connectivity index (χ2n) is 14.9. The van der Waals surface area contributed by atoms with Crippen LogP contribution in [0.25, 0.3) is 71.7 Å². The average Bonchev–Trinajstić information content (AvgIpc) is 3.56. The van der Waals surface area contributed by atoms with Crippen LogP contribution in [0, 0.1) is 6.92 Å². The molecule has 0 aliphatic carbocycles. The van der Waals surface area contributed by atoms with E-state index in [1.807, 2.05) is 18.2 Å². The molecule has 0 N–H and O–H groups in total. The summed E-state index contributed by atoms with van der Waals surface area (Å²) in [4.78, 5) is 2.39. The van der Waals surface area contributed by atoms with Crippen LogP contribution in [-0.4, -0.2) is 4.57 Å².